The zero-order valence-electron chi connectivity index (χ0n) is 15.9. The fourth-order valence-electron chi connectivity index (χ4n) is 3.19. The average Bonchev–Trinajstić information content (AvgIpc) is 3.02. The Labute approximate surface area is 177 Å². The van der Waals surface area contributed by atoms with Gasteiger partial charge >= 0.3 is 5.97 Å². The number of hydrogen-bond donors (Lipinski definition) is 3. The minimum atomic E-state index is -1.20. The third-order valence-corrected chi connectivity index (χ3v) is 6.03. The van der Waals surface area contributed by atoms with Crippen molar-refractivity contribution in [2.75, 3.05) is 25.5 Å². The summed E-state index contributed by atoms with van der Waals surface area (Å²) in [5.74, 6) is -2.29. The van der Waals surface area contributed by atoms with Crippen molar-refractivity contribution in [2.24, 2.45) is 0 Å². The fourth-order valence-corrected chi connectivity index (χ4v) is 4.14. The molecule has 3 N–H and O–H groups in total. The van der Waals surface area contributed by atoms with Gasteiger partial charge in [0.05, 0.1) is 15.6 Å². The highest BCUT2D eigenvalue weighted by Crippen LogP contribution is 2.22. The number of aliphatic carboxylic acids is 1. The third kappa shape index (κ3) is 5.79. The standard InChI is InChI=1S/C20H22ClN3O4S/c1-24-8-6-12-2-3-14(10-13(12)7-9-24)22-19(27)15(11-18(25)26)23-20(28)16-4-5-17(21)29-16/h2-5,10,15H,6-9,11H2,1H3,(H,22,27)(H,23,28)(H,25,26). The van der Waals surface area contributed by atoms with E-state index in [2.05, 4.69) is 22.6 Å². The zero-order valence-corrected chi connectivity index (χ0v) is 17.5. The highest BCUT2D eigenvalue weighted by Gasteiger charge is 2.25. The van der Waals surface area contributed by atoms with Gasteiger partial charge in [0.1, 0.15) is 6.04 Å². The molecule has 0 saturated heterocycles. The van der Waals surface area contributed by atoms with Crippen LogP contribution >= 0.6 is 22.9 Å². The summed E-state index contributed by atoms with van der Waals surface area (Å²) in [4.78, 5) is 38.8. The van der Waals surface area contributed by atoms with E-state index in [1.54, 1.807) is 12.1 Å². The molecule has 1 aliphatic heterocycles. The maximum atomic E-state index is 12.7. The van der Waals surface area contributed by atoms with Gasteiger partial charge in [0, 0.05) is 18.8 Å². The number of carboxylic acid groups (broad SMARTS) is 1. The van der Waals surface area contributed by atoms with Gasteiger partial charge in [-0.05, 0) is 55.3 Å². The number of fused-ring (bicyclic) bond motifs is 1. The molecule has 1 atom stereocenters. The van der Waals surface area contributed by atoms with Crippen LogP contribution in [0.2, 0.25) is 4.34 Å². The number of carbonyl (C=O) groups is 3. The van der Waals surface area contributed by atoms with Crippen molar-refractivity contribution in [2.45, 2.75) is 25.3 Å². The Balaban J connectivity index is 1.71. The molecule has 29 heavy (non-hydrogen) atoms. The van der Waals surface area contributed by atoms with Crippen LogP contribution in [0.5, 0.6) is 0 Å². The molecule has 154 valence electrons. The number of amides is 2. The van der Waals surface area contributed by atoms with Crippen LogP contribution in [-0.4, -0.2) is 54.0 Å². The fraction of sp³-hybridized carbons (Fsp3) is 0.350. The summed E-state index contributed by atoms with van der Waals surface area (Å²) in [6.07, 6.45) is 1.30. The molecule has 0 spiro atoms. The molecule has 1 aromatic heterocycles. The van der Waals surface area contributed by atoms with Crippen molar-refractivity contribution in [1.82, 2.24) is 10.2 Å². The van der Waals surface area contributed by atoms with E-state index in [9.17, 15) is 14.4 Å². The van der Waals surface area contributed by atoms with Crippen LogP contribution in [0, 0.1) is 0 Å². The van der Waals surface area contributed by atoms with Gasteiger partial charge in [-0.3, -0.25) is 14.4 Å². The maximum absolute atomic E-state index is 12.7. The molecular formula is C20H22ClN3O4S. The molecule has 9 heteroatoms. The first kappa shape index (κ1) is 21.3. The van der Waals surface area contributed by atoms with Gasteiger partial charge in [-0.25, -0.2) is 0 Å². The van der Waals surface area contributed by atoms with Crippen LogP contribution in [0.25, 0.3) is 0 Å². The van der Waals surface area contributed by atoms with E-state index < -0.39 is 30.2 Å². The van der Waals surface area contributed by atoms with Crippen molar-refractivity contribution < 1.29 is 19.5 Å². The Morgan fingerprint density at radius 3 is 2.55 bits per heavy atom. The van der Waals surface area contributed by atoms with Gasteiger partial charge < -0.3 is 20.6 Å². The Morgan fingerprint density at radius 2 is 1.90 bits per heavy atom. The molecule has 2 aromatic rings. The highest BCUT2D eigenvalue weighted by molar-refractivity contribution is 7.18. The largest absolute Gasteiger partial charge is 0.481 e. The van der Waals surface area contributed by atoms with Crippen molar-refractivity contribution in [1.29, 1.82) is 0 Å². The van der Waals surface area contributed by atoms with Gasteiger partial charge in [0.15, 0.2) is 0 Å². The van der Waals surface area contributed by atoms with Crippen molar-refractivity contribution in [3.8, 4) is 0 Å². The van der Waals surface area contributed by atoms with Crippen LogP contribution in [0.1, 0.15) is 27.2 Å². The normalized spacial score (nSPS) is 15.1. The van der Waals surface area contributed by atoms with E-state index in [1.807, 2.05) is 12.1 Å². The molecule has 2 heterocycles. The molecule has 1 unspecified atom stereocenters. The molecule has 0 bridgehead atoms. The zero-order chi connectivity index (χ0) is 21.0. The monoisotopic (exact) mass is 435 g/mol. The minimum Gasteiger partial charge on any atom is -0.481 e. The first-order chi connectivity index (χ1) is 13.8. The number of halogens is 1. The first-order valence-corrected chi connectivity index (χ1v) is 10.4. The van der Waals surface area contributed by atoms with Gasteiger partial charge in [0.25, 0.3) is 5.91 Å². The van der Waals surface area contributed by atoms with E-state index in [1.165, 1.54) is 17.2 Å². The summed E-state index contributed by atoms with van der Waals surface area (Å²) in [5.41, 5.74) is 3.00. The second kappa shape index (κ2) is 9.39. The molecule has 3 rings (SSSR count). The lowest BCUT2D eigenvalue weighted by atomic mass is 10.0. The average molecular weight is 436 g/mol. The number of nitrogens with zero attached hydrogens (tertiary/aromatic N) is 1. The summed E-state index contributed by atoms with van der Waals surface area (Å²) in [6, 6.07) is 7.61. The molecule has 1 aromatic carbocycles. The smallest absolute Gasteiger partial charge is 0.305 e. The predicted molar refractivity (Wildman–Crippen MR) is 113 cm³/mol. The summed E-state index contributed by atoms with van der Waals surface area (Å²) in [5, 5.41) is 14.4. The quantitative estimate of drug-likeness (QED) is 0.647. The summed E-state index contributed by atoms with van der Waals surface area (Å²) >= 11 is 6.90. The van der Waals surface area contributed by atoms with E-state index in [0.29, 0.717) is 14.9 Å². The van der Waals surface area contributed by atoms with Crippen molar-refractivity contribution in [3.05, 3.63) is 50.7 Å². The first-order valence-electron chi connectivity index (χ1n) is 9.21. The van der Waals surface area contributed by atoms with Gasteiger partial charge in [0.2, 0.25) is 5.91 Å². The maximum Gasteiger partial charge on any atom is 0.305 e. The molecule has 7 nitrogen and oxygen atoms in total. The summed E-state index contributed by atoms with van der Waals surface area (Å²) in [6.45, 7) is 1.92. The lowest BCUT2D eigenvalue weighted by Crippen LogP contribution is -2.45. The second-order valence-electron chi connectivity index (χ2n) is 7.00. The van der Waals surface area contributed by atoms with Crippen LogP contribution in [0.3, 0.4) is 0 Å². The van der Waals surface area contributed by atoms with E-state index in [-0.39, 0.29) is 0 Å². The summed E-state index contributed by atoms with van der Waals surface area (Å²) in [7, 11) is 2.08. The van der Waals surface area contributed by atoms with Crippen molar-refractivity contribution >= 4 is 46.4 Å². The van der Waals surface area contributed by atoms with Gasteiger partial charge in [-0.2, -0.15) is 0 Å². The Morgan fingerprint density at radius 1 is 1.17 bits per heavy atom. The number of hydrogen-bond acceptors (Lipinski definition) is 5. The molecule has 0 aliphatic carbocycles. The lowest BCUT2D eigenvalue weighted by Gasteiger charge is -2.17. The predicted octanol–water partition coefficient (Wildman–Crippen LogP) is 2.64. The number of carboxylic acids is 1. The minimum absolute atomic E-state index is 0.312. The number of anilines is 1. The number of rotatable bonds is 6. The molecular weight excluding hydrogens is 414 g/mol. The highest BCUT2D eigenvalue weighted by atomic mass is 35.5. The summed E-state index contributed by atoms with van der Waals surface area (Å²) < 4.78 is 0.435. The molecule has 1 aliphatic rings. The van der Waals surface area contributed by atoms with Crippen LogP contribution in [0.4, 0.5) is 5.69 Å². The lowest BCUT2D eigenvalue weighted by molar-refractivity contribution is -0.139. The number of nitrogens with one attached hydrogen (secondary N) is 2. The number of carbonyl (C=O) groups excluding carboxylic acids is 2. The van der Waals surface area contributed by atoms with Crippen LogP contribution < -0.4 is 10.6 Å². The van der Waals surface area contributed by atoms with E-state index in [4.69, 9.17) is 16.7 Å². The molecule has 0 fully saturated rings. The SMILES string of the molecule is CN1CCc2ccc(NC(=O)C(CC(=O)O)NC(=O)c3ccc(Cl)s3)cc2CC1. The molecule has 0 saturated carbocycles. The Hall–Kier alpha value is -2.42. The van der Waals surface area contributed by atoms with Crippen molar-refractivity contribution in [3.63, 3.8) is 0 Å². The molecule has 0 radical (unpaired) electrons. The van der Waals surface area contributed by atoms with E-state index in [0.717, 1.165) is 37.3 Å². The molecule has 2 amide bonds. The Kier molecular flexibility index (Phi) is 6.89. The Bertz CT molecular complexity index is 930. The number of benzene rings is 1. The van der Waals surface area contributed by atoms with E-state index >= 15 is 0 Å². The number of thiophene rings is 1. The van der Waals surface area contributed by atoms with Crippen LogP contribution in [-0.2, 0) is 22.4 Å². The second-order valence-corrected chi connectivity index (χ2v) is 8.72. The topological polar surface area (TPSA) is 98.7 Å². The van der Waals surface area contributed by atoms with Crippen LogP contribution in [0.15, 0.2) is 30.3 Å². The third-order valence-electron chi connectivity index (χ3n) is 4.80. The van der Waals surface area contributed by atoms with Gasteiger partial charge in [-0.1, -0.05) is 17.7 Å². The van der Waals surface area contributed by atoms with Gasteiger partial charge in [-0.15, -0.1) is 11.3 Å². The number of likely N-dealkylation sites (N-methyl/N-ethyl adjacent to an activating group) is 1.